The number of carbonyl (C=O) groups is 1. The van der Waals surface area contributed by atoms with Gasteiger partial charge in [0.05, 0.1) is 15.5 Å². The van der Waals surface area contributed by atoms with Crippen LogP contribution in [0.1, 0.15) is 16.1 Å². The topological polar surface area (TPSA) is 77.2 Å². The molecule has 0 saturated carbocycles. The van der Waals surface area contributed by atoms with Gasteiger partial charge in [-0.2, -0.15) is 0 Å². The average Bonchev–Trinajstić information content (AvgIpc) is 2.73. The van der Waals surface area contributed by atoms with Crippen molar-refractivity contribution in [2.45, 2.75) is 11.8 Å². The molecular formula is C12H9Cl2NO4S. The van der Waals surface area contributed by atoms with Gasteiger partial charge in [0.1, 0.15) is 11.5 Å². The van der Waals surface area contributed by atoms with E-state index in [0.29, 0.717) is 5.76 Å². The van der Waals surface area contributed by atoms with E-state index in [1.54, 1.807) is 6.92 Å². The third-order valence-electron chi connectivity index (χ3n) is 2.60. The second-order valence-corrected chi connectivity index (χ2v) is 6.87. The maximum atomic E-state index is 11.8. The maximum Gasteiger partial charge on any atom is 0.253 e. The van der Waals surface area contributed by atoms with Crippen molar-refractivity contribution < 1.29 is 17.7 Å². The molecule has 1 heterocycles. The third kappa shape index (κ3) is 2.72. The molecular weight excluding hydrogens is 325 g/mol. The lowest BCUT2D eigenvalue weighted by atomic mass is 10.1. The fourth-order valence-electron chi connectivity index (χ4n) is 1.74. The smallest absolute Gasteiger partial charge is 0.253 e. The molecule has 1 aromatic heterocycles. The first-order valence-corrected chi connectivity index (χ1v) is 8.02. The van der Waals surface area contributed by atoms with Gasteiger partial charge in [0.2, 0.25) is 0 Å². The molecule has 0 N–H and O–H groups in total. The lowest BCUT2D eigenvalue weighted by Crippen LogP contribution is -2.03. The highest BCUT2D eigenvalue weighted by Crippen LogP contribution is 2.36. The second-order valence-electron chi connectivity index (χ2n) is 4.17. The SMILES string of the molecule is Cc1cc(-c2c(S(C)(=O)=O)ccc(C(=O)Cl)c2Cl)no1. The van der Waals surface area contributed by atoms with E-state index < -0.39 is 15.1 Å². The van der Waals surface area contributed by atoms with Crippen LogP contribution >= 0.6 is 23.2 Å². The van der Waals surface area contributed by atoms with Crippen LogP contribution in [0, 0.1) is 6.92 Å². The Kier molecular flexibility index (Phi) is 3.90. The number of benzene rings is 1. The molecule has 0 saturated heterocycles. The first-order chi connectivity index (χ1) is 9.21. The quantitative estimate of drug-likeness (QED) is 0.806. The molecule has 0 amide bonds. The largest absolute Gasteiger partial charge is 0.361 e. The van der Waals surface area contributed by atoms with E-state index in [2.05, 4.69) is 5.16 Å². The summed E-state index contributed by atoms with van der Waals surface area (Å²) < 4.78 is 28.6. The minimum absolute atomic E-state index is 0.0105. The van der Waals surface area contributed by atoms with Crippen LogP contribution in [0.2, 0.25) is 5.02 Å². The number of nitrogens with zero attached hydrogens (tertiary/aromatic N) is 1. The summed E-state index contributed by atoms with van der Waals surface area (Å²) in [5.74, 6) is 0.484. The zero-order chi connectivity index (χ0) is 15.1. The van der Waals surface area contributed by atoms with Crippen molar-refractivity contribution in [1.29, 1.82) is 0 Å². The molecule has 0 radical (unpaired) electrons. The van der Waals surface area contributed by atoms with E-state index >= 15 is 0 Å². The normalized spacial score (nSPS) is 11.6. The first kappa shape index (κ1) is 15.0. The Hall–Kier alpha value is -1.37. The molecule has 0 bridgehead atoms. The Morgan fingerprint density at radius 3 is 2.45 bits per heavy atom. The molecule has 0 fully saturated rings. The molecule has 106 valence electrons. The summed E-state index contributed by atoms with van der Waals surface area (Å²) in [6.45, 7) is 1.65. The third-order valence-corrected chi connectivity index (χ3v) is 4.33. The molecule has 0 aliphatic carbocycles. The van der Waals surface area contributed by atoms with Gasteiger partial charge in [-0.3, -0.25) is 4.79 Å². The summed E-state index contributed by atoms with van der Waals surface area (Å²) in [4.78, 5) is 11.3. The Morgan fingerprint density at radius 2 is 2.00 bits per heavy atom. The van der Waals surface area contributed by atoms with Crippen LogP contribution in [0.3, 0.4) is 0 Å². The van der Waals surface area contributed by atoms with E-state index in [0.717, 1.165) is 6.26 Å². The van der Waals surface area contributed by atoms with E-state index in [4.69, 9.17) is 27.7 Å². The molecule has 8 heteroatoms. The van der Waals surface area contributed by atoms with Crippen LogP contribution < -0.4 is 0 Å². The van der Waals surface area contributed by atoms with Gasteiger partial charge in [-0.15, -0.1) is 0 Å². The summed E-state index contributed by atoms with van der Waals surface area (Å²) in [6, 6.07) is 4.07. The van der Waals surface area contributed by atoms with Gasteiger partial charge >= 0.3 is 0 Å². The van der Waals surface area contributed by atoms with Crippen molar-refractivity contribution in [3.63, 3.8) is 0 Å². The zero-order valence-corrected chi connectivity index (χ0v) is 12.8. The molecule has 1 aromatic carbocycles. The molecule has 0 atom stereocenters. The fraction of sp³-hybridized carbons (Fsp3) is 0.167. The number of carbonyl (C=O) groups excluding carboxylic acids is 1. The minimum Gasteiger partial charge on any atom is -0.361 e. The summed E-state index contributed by atoms with van der Waals surface area (Å²) in [5.41, 5.74) is 0.349. The van der Waals surface area contributed by atoms with Gasteiger partial charge in [0.25, 0.3) is 5.24 Å². The number of hydrogen-bond acceptors (Lipinski definition) is 5. The number of halogens is 2. The minimum atomic E-state index is -3.56. The lowest BCUT2D eigenvalue weighted by Gasteiger charge is -2.09. The van der Waals surface area contributed by atoms with E-state index in [-0.39, 0.29) is 26.7 Å². The first-order valence-electron chi connectivity index (χ1n) is 5.38. The van der Waals surface area contributed by atoms with Crippen LogP contribution in [0.25, 0.3) is 11.3 Å². The molecule has 20 heavy (non-hydrogen) atoms. The molecule has 0 unspecified atom stereocenters. The van der Waals surface area contributed by atoms with Crippen molar-refractivity contribution in [2.75, 3.05) is 6.26 Å². The van der Waals surface area contributed by atoms with Crippen LogP contribution in [0.4, 0.5) is 0 Å². The highest BCUT2D eigenvalue weighted by atomic mass is 35.5. The van der Waals surface area contributed by atoms with Crippen molar-refractivity contribution in [1.82, 2.24) is 5.16 Å². The number of hydrogen-bond donors (Lipinski definition) is 0. The highest BCUT2D eigenvalue weighted by molar-refractivity contribution is 7.90. The van der Waals surface area contributed by atoms with Crippen LogP contribution in [0.5, 0.6) is 0 Å². The standard InChI is InChI=1S/C12H9Cl2NO4S/c1-6-5-8(15-19-6)10-9(20(2,17)18)4-3-7(11(10)13)12(14)16/h3-5H,1-2H3. The van der Waals surface area contributed by atoms with Crippen LogP contribution in [-0.2, 0) is 9.84 Å². The Labute approximate surface area is 125 Å². The average molecular weight is 334 g/mol. The predicted octanol–water partition coefficient (Wildman–Crippen LogP) is 3.09. The van der Waals surface area contributed by atoms with Gasteiger partial charge in [0.15, 0.2) is 9.84 Å². The van der Waals surface area contributed by atoms with Gasteiger partial charge in [-0.25, -0.2) is 8.42 Å². The van der Waals surface area contributed by atoms with Crippen LogP contribution in [-0.4, -0.2) is 25.1 Å². The van der Waals surface area contributed by atoms with Gasteiger partial charge < -0.3 is 4.52 Å². The Bertz CT molecular complexity index is 796. The van der Waals surface area contributed by atoms with Crippen molar-refractivity contribution >= 4 is 38.3 Å². The van der Waals surface area contributed by atoms with Crippen LogP contribution in [0.15, 0.2) is 27.6 Å². The number of sulfone groups is 1. The highest BCUT2D eigenvalue weighted by Gasteiger charge is 2.24. The van der Waals surface area contributed by atoms with Crippen molar-refractivity contribution in [2.24, 2.45) is 0 Å². The van der Waals surface area contributed by atoms with Gasteiger partial charge in [-0.05, 0) is 30.7 Å². The molecule has 0 aliphatic heterocycles. The monoisotopic (exact) mass is 333 g/mol. The van der Waals surface area contributed by atoms with Gasteiger partial charge in [-0.1, -0.05) is 16.8 Å². The van der Waals surface area contributed by atoms with E-state index in [1.807, 2.05) is 0 Å². The molecule has 2 rings (SSSR count). The van der Waals surface area contributed by atoms with Crippen molar-refractivity contribution in [3.8, 4) is 11.3 Å². The Morgan fingerprint density at radius 1 is 1.35 bits per heavy atom. The summed E-state index contributed by atoms with van der Waals surface area (Å²) in [7, 11) is -3.56. The Balaban J connectivity index is 2.86. The molecule has 5 nitrogen and oxygen atoms in total. The second kappa shape index (κ2) is 5.20. The maximum absolute atomic E-state index is 11.8. The lowest BCUT2D eigenvalue weighted by molar-refractivity contribution is 0.108. The summed E-state index contributed by atoms with van der Waals surface area (Å²) in [5, 5.41) is 2.89. The van der Waals surface area contributed by atoms with E-state index in [1.165, 1.54) is 18.2 Å². The number of aryl methyl sites for hydroxylation is 1. The summed E-state index contributed by atoms with van der Waals surface area (Å²) >= 11 is 11.5. The number of rotatable bonds is 3. The van der Waals surface area contributed by atoms with Crippen molar-refractivity contribution in [3.05, 3.63) is 34.5 Å². The molecule has 2 aromatic rings. The fourth-order valence-corrected chi connectivity index (χ4v) is 3.24. The van der Waals surface area contributed by atoms with Gasteiger partial charge in [0, 0.05) is 17.9 Å². The zero-order valence-electron chi connectivity index (χ0n) is 10.5. The van der Waals surface area contributed by atoms with E-state index in [9.17, 15) is 13.2 Å². The molecule has 0 aliphatic rings. The number of aromatic nitrogens is 1. The summed E-state index contributed by atoms with van der Waals surface area (Å²) in [6.07, 6.45) is 1.04. The molecule has 0 spiro atoms. The predicted molar refractivity (Wildman–Crippen MR) is 75.0 cm³/mol.